The van der Waals surface area contributed by atoms with Crippen molar-refractivity contribution in [2.75, 3.05) is 5.32 Å². The summed E-state index contributed by atoms with van der Waals surface area (Å²) in [6, 6.07) is 5.26. The molecule has 3 aromatic rings. The number of nitrogens with one attached hydrogen (secondary N) is 1. The molecule has 2 fully saturated rings. The maximum Gasteiger partial charge on any atom is 0.275 e. The van der Waals surface area contributed by atoms with E-state index in [0.717, 1.165) is 34.4 Å². The van der Waals surface area contributed by atoms with Crippen molar-refractivity contribution in [3.8, 4) is 5.88 Å². The van der Waals surface area contributed by atoms with Crippen molar-refractivity contribution in [3.05, 3.63) is 51.2 Å². The molecule has 1 amide bonds. The van der Waals surface area contributed by atoms with Gasteiger partial charge in [-0.15, -0.1) is 5.10 Å². The molecule has 2 aliphatic rings. The van der Waals surface area contributed by atoms with Crippen molar-refractivity contribution in [1.82, 2.24) is 19.7 Å². The van der Waals surface area contributed by atoms with Gasteiger partial charge in [0, 0.05) is 4.47 Å². The Morgan fingerprint density at radius 3 is 2.74 bits per heavy atom. The maximum atomic E-state index is 13.0. The van der Waals surface area contributed by atoms with E-state index in [1.165, 1.54) is 12.8 Å². The number of rotatable bonds is 5. The van der Waals surface area contributed by atoms with Gasteiger partial charge in [0.1, 0.15) is 12.6 Å². The van der Waals surface area contributed by atoms with Crippen LogP contribution in [0.5, 0.6) is 5.88 Å². The quantitative estimate of drug-likeness (QED) is 0.592. The van der Waals surface area contributed by atoms with Gasteiger partial charge < -0.3 is 4.74 Å². The number of halogens is 2. The first kappa shape index (κ1) is 20.0. The number of amides is 1. The predicted octanol–water partition coefficient (Wildman–Crippen LogP) is 3.29. The summed E-state index contributed by atoms with van der Waals surface area (Å²) in [6.07, 6.45) is 6.52. The highest BCUT2D eigenvalue weighted by Crippen LogP contribution is 2.46. The van der Waals surface area contributed by atoms with Gasteiger partial charge >= 0.3 is 0 Å². The Labute approximate surface area is 185 Å². The third kappa shape index (κ3) is 4.04. The van der Waals surface area contributed by atoms with Crippen molar-refractivity contribution >= 4 is 38.6 Å². The first-order valence-corrected chi connectivity index (χ1v) is 10.9. The van der Waals surface area contributed by atoms with Crippen LogP contribution in [-0.4, -0.2) is 31.8 Å². The summed E-state index contributed by atoms with van der Waals surface area (Å²) in [5, 5.41) is 7.85. The lowest BCUT2D eigenvalue weighted by Crippen LogP contribution is -2.32. The molecular weight excluding hydrogens is 469 g/mol. The van der Waals surface area contributed by atoms with Gasteiger partial charge in [-0.3, -0.25) is 14.9 Å². The summed E-state index contributed by atoms with van der Waals surface area (Å²) >= 11 is 3.44. The van der Waals surface area contributed by atoms with Crippen LogP contribution in [0.15, 0.2) is 39.9 Å². The van der Waals surface area contributed by atoms with E-state index < -0.39 is 17.3 Å². The largest absolute Gasteiger partial charge is 0.473 e. The Hall–Kier alpha value is -2.88. The number of ether oxygens (including phenoxy) is 1. The van der Waals surface area contributed by atoms with Crippen molar-refractivity contribution in [2.24, 2.45) is 11.8 Å². The molecule has 8 nitrogen and oxygen atoms in total. The zero-order valence-corrected chi connectivity index (χ0v) is 18.0. The Bertz CT molecular complexity index is 1220. The fourth-order valence-electron chi connectivity index (χ4n) is 4.57. The molecule has 3 atom stereocenters. The highest BCUT2D eigenvalue weighted by atomic mass is 79.9. The number of hydrogen-bond donors (Lipinski definition) is 1. The van der Waals surface area contributed by atoms with E-state index in [9.17, 15) is 14.0 Å². The fourth-order valence-corrected chi connectivity index (χ4v) is 4.93. The highest BCUT2D eigenvalue weighted by molar-refractivity contribution is 9.10. The Balaban J connectivity index is 1.45. The number of nitrogens with zero attached hydrogens (tertiary/aromatic N) is 4. The van der Waals surface area contributed by atoms with Crippen LogP contribution in [0.2, 0.25) is 0 Å². The number of carbonyl (C=O) groups is 1. The number of carbonyl (C=O) groups excluding carboxylic acids is 1. The minimum Gasteiger partial charge on any atom is -0.473 e. The molecule has 1 N–H and O–H groups in total. The molecule has 0 aliphatic heterocycles. The third-order valence-corrected chi connectivity index (χ3v) is 6.48. The van der Waals surface area contributed by atoms with Crippen LogP contribution in [0.25, 0.3) is 10.8 Å². The van der Waals surface area contributed by atoms with Gasteiger partial charge in [-0.2, -0.15) is 0 Å². The van der Waals surface area contributed by atoms with Crippen LogP contribution in [0.1, 0.15) is 25.7 Å². The molecule has 31 heavy (non-hydrogen) atoms. The van der Waals surface area contributed by atoms with E-state index in [0.29, 0.717) is 28.5 Å². The number of benzene rings is 1. The average molecular weight is 488 g/mol. The second-order valence-electron chi connectivity index (χ2n) is 8.06. The van der Waals surface area contributed by atoms with Crippen LogP contribution < -0.4 is 15.6 Å². The lowest BCUT2D eigenvalue weighted by Gasteiger charge is -2.23. The second kappa shape index (κ2) is 7.99. The van der Waals surface area contributed by atoms with Crippen molar-refractivity contribution < 1.29 is 13.9 Å². The molecule has 2 saturated carbocycles. The topological polar surface area (TPSA) is 99.0 Å². The summed E-state index contributed by atoms with van der Waals surface area (Å²) in [7, 11) is 0. The zero-order chi connectivity index (χ0) is 21.5. The zero-order valence-electron chi connectivity index (χ0n) is 16.4. The first-order valence-electron chi connectivity index (χ1n) is 10.1. The van der Waals surface area contributed by atoms with Crippen molar-refractivity contribution in [1.29, 1.82) is 0 Å². The van der Waals surface area contributed by atoms with Gasteiger partial charge in [0.2, 0.25) is 17.7 Å². The van der Waals surface area contributed by atoms with E-state index in [1.807, 2.05) is 6.07 Å². The molecule has 160 valence electrons. The Morgan fingerprint density at radius 1 is 1.23 bits per heavy atom. The molecule has 0 spiro atoms. The van der Waals surface area contributed by atoms with Crippen LogP contribution in [-0.2, 0) is 11.3 Å². The molecule has 0 radical (unpaired) electrons. The number of anilines is 1. The predicted molar refractivity (Wildman–Crippen MR) is 114 cm³/mol. The van der Waals surface area contributed by atoms with E-state index in [4.69, 9.17) is 4.74 Å². The van der Waals surface area contributed by atoms with Crippen LogP contribution >= 0.6 is 15.9 Å². The first-order chi connectivity index (χ1) is 15.0. The molecule has 5 rings (SSSR count). The van der Waals surface area contributed by atoms with Gasteiger partial charge in [0.15, 0.2) is 5.82 Å². The molecule has 2 aromatic heterocycles. The van der Waals surface area contributed by atoms with Crippen molar-refractivity contribution in [2.45, 2.75) is 38.3 Å². The standard InChI is InChI=1S/C21H19BrFN5O3/c22-13-3-4-15-16(7-13)19(31-17-6-11-1-2-12(17)5-11)27-28(20(15)30)10-18(29)26-21-24-8-14(23)9-25-21/h3-4,7-9,11-12,17H,1-2,5-6,10H2,(H,24,25,26,29)/t11?,12-,17-/m1/s1. The Morgan fingerprint density at radius 2 is 2.03 bits per heavy atom. The van der Waals surface area contributed by atoms with Crippen LogP contribution in [0.3, 0.4) is 0 Å². The molecular formula is C21H19BrFN5O3. The molecule has 0 saturated heterocycles. The summed E-state index contributed by atoms with van der Waals surface area (Å²) < 4.78 is 21.1. The van der Waals surface area contributed by atoms with Gasteiger partial charge in [-0.1, -0.05) is 15.9 Å². The highest BCUT2D eigenvalue weighted by Gasteiger charge is 2.41. The second-order valence-corrected chi connectivity index (χ2v) is 8.98. The average Bonchev–Trinajstić information content (AvgIpc) is 3.36. The number of hydrogen-bond acceptors (Lipinski definition) is 6. The summed E-state index contributed by atoms with van der Waals surface area (Å²) in [5.74, 6) is 0.332. The third-order valence-electron chi connectivity index (χ3n) is 5.99. The molecule has 1 aromatic carbocycles. The van der Waals surface area contributed by atoms with E-state index in [1.54, 1.807) is 12.1 Å². The summed E-state index contributed by atoms with van der Waals surface area (Å²) in [6.45, 7) is -0.349. The number of aromatic nitrogens is 4. The van der Waals surface area contributed by atoms with Crippen LogP contribution in [0.4, 0.5) is 10.3 Å². The molecule has 1 unspecified atom stereocenters. The molecule has 2 bridgehead atoms. The lowest BCUT2D eigenvalue weighted by molar-refractivity contribution is -0.117. The summed E-state index contributed by atoms with van der Waals surface area (Å²) in [4.78, 5) is 32.8. The van der Waals surface area contributed by atoms with Gasteiger partial charge in [-0.25, -0.2) is 19.0 Å². The smallest absolute Gasteiger partial charge is 0.275 e. The maximum absolute atomic E-state index is 13.0. The van der Waals surface area contributed by atoms with Gasteiger partial charge in [0.25, 0.3) is 5.56 Å². The van der Waals surface area contributed by atoms with Gasteiger partial charge in [0.05, 0.1) is 23.2 Å². The van der Waals surface area contributed by atoms with Gasteiger partial charge in [-0.05, 0) is 55.7 Å². The minimum absolute atomic E-state index is 0.0531. The van der Waals surface area contributed by atoms with Crippen LogP contribution in [0, 0.1) is 17.7 Å². The van der Waals surface area contributed by atoms with E-state index in [-0.39, 0.29) is 18.6 Å². The fraction of sp³-hybridized carbons (Fsp3) is 0.381. The normalized spacial score (nSPS) is 22.1. The summed E-state index contributed by atoms with van der Waals surface area (Å²) in [5.41, 5.74) is -0.405. The van der Waals surface area contributed by atoms with E-state index >= 15 is 0 Å². The van der Waals surface area contributed by atoms with E-state index in [2.05, 4.69) is 36.3 Å². The molecule has 2 aliphatic carbocycles. The minimum atomic E-state index is -0.612. The Kier molecular flexibility index (Phi) is 5.17. The van der Waals surface area contributed by atoms with Crippen molar-refractivity contribution in [3.63, 3.8) is 0 Å². The molecule has 10 heteroatoms. The number of fused-ring (bicyclic) bond motifs is 3. The lowest BCUT2D eigenvalue weighted by atomic mass is 9.98. The SMILES string of the molecule is O=C(Cn1nc(O[C@@H]2CC3CC[C@@H]2C3)c2cc(Br)ccc2c1=O)Nc1ncc(F)cn1. The molecule has 2 heterocycles. The monoisotopic (exact) mass is 487 g/mol.